The Morgan fingerprint density at radius 1 is 1.41 bits per heavy atom. The summed E-state index contributed by atoms with van der Waals surface area (Å²) in [6.07, 6.45) is 5.47. The zero-order valence-electron chi connectivity index (χ0n) is 15.6. The second-order valence-corrected chi connectivity index (χ2v) is 6.39. The Bertz CT molecular complexity index is 773. The van der Waals surface area contributed by atoms with Gasteiger partial charge in [-0.15, -0.1) is 13.2 Å². The molecule has 2 heterocycles. The van der Waals surface area contributed by atoms with Gasteiger partial charge in [-0.3, -0.25) is 9.78 Å². The second kappa shape index (κ2) is 9.14. The van der Waals surface area contributed by atoms with Crippen LogP contribution in [0.5, 0.6) is 5.75 Å². The topological polar surface area (TPSA) is 97.5 Å². The second-order valence-electron chi connectivity index (χ2n) is 6.39. The Hall–Kier alpha value is -2.93. The molecular weight excluding hydrogens is 346 g/mol. The molecule has 2 rings (SSSR count). The fourth-order valence-corrected chi connectivity index (χ4v) is 2.52. The molecule has 2 aromatic rings. The molecule has 1 atom stereocenters. The van der Waals surface area contributed by atoms with Crippen molar-refractivity contribution in [3.8, 4) is 5.75 Å². The van der Waals surface area contributed by atoms with E-state index in [1.807, 2.05) is 13.0 Å². The molecule has 0 bridgehead atoms. The van der Waals surface area contributed by atoms with Crippen LogP contribution < -0.4 is 10.1 Å². The summed E-state index contributed by atoms with van der Waals surface area (Å²) in [4.78, 5) is 16.5. The van der Waals surface area contributed by atoms with Gasteiger partial charge in [-0.1, -0.05) is 17.3 Å². The number of aryl methyl sites for hydroxylation is 1. The van der Waals surface area contributed by atoms with E-state index < -0.39 is 17.6 Å². The molecule has 1 amide bonds. The van der Waals surface area contributed by atoms with Gasteiger partial charge in [0.1, 0.15) is 12.4 Å². The lowest BCUT2D eigenvalue weighted by atomic mass is 9.88. The first-order valence-corrected chi connectivity index (χ1v) is 8.64. The number of aliphatic hydroxyl groups is 1. The molecule has 0 saturated heterocycles. The molecule has 0 aromatic carbocycles. The molecule has 0 spiro atoms. The summed E-state index contributed by atoms with van der Waals surface area (Å²) >= 11 is 0. The van der Waals surface area contributed by atoms with E-state index in [2.05, 4.69) is 28.6 Å². The predicted octanol–water partition coefficient (Wildman–Crippen LogP) is 2.96. The zero-order valence-corrected chi connectivity index (χ0v) is 15.6. The number of carbonyl (C=O) groups excluding carboxylic acids is 1. The van der Waals surface area contributed by atoms with Crippen LogP contribution in [0, 0.1) is 6.92 Å². The molecule has 0 radical (unpaired) electrons. The Morgan fingerprint density at radius 2 is 2.11 bits per heavy atom. The van der Waals surface area contributed by atoms with Crippen LogP contribution in [0.25, 0.3) is 0 Å². The minimum absolute atomic E-state index is 0.113. The molecule has 2 N–H and O–H groups in total. The molecule has 144 valence electrons. The van der Waals surface area contributed by atoms with Crippen molar-refractivity contribution < 1.29 is 19.2 Å². The SMILES string of the molecule is C=CCC(O)(CC=C)[C@@H](C)NC(=O)c1cc(COc2ccc(C)nc2)on1. The summed E-state index contributed by atoms with van der Waals surface area (Å²) in [5, 5.41) is 17.2. The van der Waals surface area contributed by atoms with Crippen LogP contribution in [-0.4, -0.2) is 32.8 Å². The molecule has 0 aliphatic rings. The van der Waals surface area contributed by atoms with Gasteiger partial charge in [-0.2, -0.15) is 0 Å². The summed E-state index contributed by atoms with van der Waals surface area (Å²) in [6, 6.07) is 4.61. The molecule has 0 saturated carbocycles. The van der Waals surface area contributed by atoms with Gasteiger partial charge in [0.05, 0.1) is 17.8 Å². The third-order valence-electron chi connectivity index (χ3n) is 4.21. The van der Waals surface area contributed by atoms with Crippen LogP contribution in [0.4, 0.5) is 0 Å². The van der Waals surface area contributed by atoms with E-state index in [9.17, 15) is 9.90 Å². The van der Waals surface area contributed by atoms with Gasteiger partial charge in [-0.05, 0) is 38.8 Å². The van der Waals surface area contributed by atoms with Crippen LogP contribution in [0.3, 0.4) is 0 Å². The van der Waals surface area contributed by atoms with Gasteiger partial charge in [0.15, 0.2) is 11.5 Å². The van der Waals surface area contributed by atoms with E-state index in [4.69, 9.17) is 9.26 Å². The predicted molar refractivity (Wildman–Crippen MR) is 101 cm³/mol. The smallest absolute Gasteiger partial charge is 0.273 e. The van der Waals surface area contributed by atoms with Gasteiger partial charge in [0.25, 0.3) is 5.91 Å². The van der Waals surface area contributed by atoms with Crippen molar-refractivity contribution in [2.45, 2.75) is 44.9 Å². The van der Waals surface area contributed by atoms with Crippen molar-refractivity contribution in [2.24, 2.45) is 0 Å². The van der Waals surface area contributed by atoms with Crippen LogP contribution >= 0.6 is 0 Å². The van der Waals surface area contributed by atoms with Crippen LogP contribution in [0.2, 0.25) is 0 Å². The maximum atomic E-state index is 12.4. The van der Waals surface area contributed by atoms with Crippen molar-refractivity contribution in [3.05, 3.63) is 66.9 Å². The minimum Gasteiger partial charge on any atom is -0.484 e. The van der Waals surface area contributed by atoms with Gasteiger partial charge >= 0.3 is 0 Å². The van der Waals surface area contributed by atoms with Gasteiger partial charge in [-0.25, -0.2) is 0 Å². The van der Waals surface area contributed by atoms with Gasteiger partial charge in [0, 0.05) is 11.8 Å². The first-order chi connectivity index (χ1) is 12.9. The highest BCUT2D eigenvalue weighted by Gasteiger charge is 2.33. The monoisotopic (exact) mass is 371 g/mol. The normalized spacial score (nSPS) is 12.3. The third-order valence-corrected chi connectivity index (χ3v) is 4.21. The van der Waals surface area contributed by atoms with Gasteiger partial charge < -0.3 is 19.7 Å². The summed E-state index contributed by atoms with van der Waals surface area (Å²) in [5.74, 6) is 0.553. The lowest BCUT2D eigenvalue weighted by Crippen LogP contribution is -2.50. The first-order valence-electron chi connectivity index (χ1n) is 8.64. The van der Waals surface area contributed by atoms with Crippen LogP contribution in [0.1, 0.15) is 41.7 Å². The highest BCUT2D eigenvalue weighted by Crippen LogP contribution is 2.21. The Balaban J connectivity index is 1.96. The fraction of sp³-hybridized carbons (Fsp3) is 0.350. The Labute approximate surface area is 158 Å². The molecule has 7 heteroatoms. The highest BCUT2D eigenvalue weighted by atomic mass is 16.5. The first kappa shape index (κ1) is 20.4. The van der Waals surface area contributed by atoms with Crippen LogP contribution in [-0.2, 0) is 6.61 Å². The molecule has 0 aliphatic heterocycles. The summed E-state index contributed by atoms with van der Waals surface area (Å²) in [7, 11) is 0. The lowest BCUT2D eigenvalue weighted by molar-refractivity contribution is 0.0126. The number of nitrogens with zero attached hydrogens (tertiary/aromatic N) is 2. The standard InChI is InChI=1S/C20H25N3O4/c1-5-9-20(25,10-6-2)15(4)22-19(24)18-11-17(27-23-18)13-26-16-8-7-14(3)21-12-16/h5-8,11-12,15,25H,1-2,9-10,13H2,3-4H3,(H,22,24)/t15-/m1/s1. The number of ether oxygens (including phenoxy) is 1. The number of aromatic nitrogens is 2. The van der Waals surface area contributed by atoms with E-state index in [1.165, 1.54) is 6.07 Å². The maximum absolute atomic E-state index is 12.4. The number of carbonyl (C=O) groups is 1. The average Bonchev–Trinajstić information content (AvgIpc) is 3.11. The van der Waals surface area contributed by atoms with Gasteiger partial charge in [0.2, 0.25) is 0 Å². The number of nitrogens with one attached hydrogen (secondary N) is 1. The Morgan fingerprint density at radius 3 is 2.70 bits per heavy atom. The number of pyridine rings is 1. The molecule has 27 heavy (non-hydrogen) atoms. The fourth-order valence-electron chi connectivity index (χ4n) is 2.52. The van der Waals surface area contributed by atoms with E-state index >= 15 is 0 Å². The number of hydrogen-bond donors (Lipinski definition) is 2. The van der Waals surface area contributed by atoms with Crippen molar-refractivity contribution in [3.63, 3.8) is 0 Å². The van der Waals surface area contributed by atoms with E-state index in [-0.39, 0.29) is 12.3 Å². The Kier molecular flexibility index (Phi) is 6.90. The van der Waals surface area contributed by atoms with Crippen molar-refractivity contribution >= 4 is 5.91 Å². The molecule has 0 aliphatic carbocycles. The van der Waals surface area contributed by atoms with Crippen LogP contribution in [0.15, 0.2) is 54.2 Å². The zero-order chi connectivity index (χ0) is 19.9. The number of hydrogen-bond acceptors (Lipinski definition) is 6. The third kappa shape index (κ3) is 5.52. The number of amides is 1. The molecule has 7 nitrogen and oxygen atoms in total. The van der Waals surface area contributed by atoms with Crippen molar-refractivity contribution in [1.82, 2.24) is 15.5 Å². The maximum Gasteiger partial charge on any atom is 0.273 e. The quantitative estimate of drug-likeness (QED) is 0.623. The molecule has 0 unspecified atom stereocenters. The molecular formula is C20H25N3O4. The summed E-state index contributed by atoms with van der Waals surface area (Å²) < 4.78 is 10.7. The van der Waals surface area contributed by atoms with E-state index in [1.54, 1.807) is 31.3 Å². The molecule has 2 aromatic heterocycles. The average molecular weight is 371 g/mol. The van der Waals surface area contributed by atoms with Crippen molar-refractivity contribution in [1.29, 1.82) is 0 Å². The highest BCUT2D eigenvalue weighted by molar-refractivity contribution is 5.92. The largest absolute Gasteiger partial charge is 0.484 e. The summed E-state index contributed by atoms with van der Waals surface area (Å²) in [5.41, 5.74) is -0.155. The van der Waals surface area contributed by atoms with Crippen molar-refractivity contribution in [2.75, 3.05) is 0 Å². The minimum atomic E-state index is -1.16. The summed E-state index contributed by atoms with van der Waals surface area (Å²) in [6.45, 7) is 11.0. The lowest BCUT2D eigenvalue weighted by Gasteiger charge is -2.32. The van der Waals surface area contributed by atoms with E-state index in [0.717, 1.165) is 5.69 Å². The molecule has 0 fully saturated rings. The number of rotatable bonds is 10. The van der Waals surface area contributed by atoms with E-state index in [0.29, 0.717) is 24.4 Å².